The Morgan fingerprint density at radius 3 is 2.14 bits per heavy atom. The highest BCUT2D eigenvalue weighted by Crippen LogP contribution is 2.25. The fourth-order valence-corrected chi connectivity index (χ4v) is 2.59. The Balaban J connectivity index is 2.29. The molecule has 1 amide bonds. The van der Waals surface area contributed by atoms with Crippen LogP contribution in [-0.2, 0) is 9.47 Å². The lowest BCUT2D eigenvalue weighted by molar-refractivity contribution is 0.0590. The number of rotatable bonds is 4. The van der Waals surface area contributed by atoms with Crippen LogP contribution >= 0.6 is 11.3 Å². The van der Waals surface area contributed by atoms with E-state index >= 15 is 0 Å². The summed E-state index contributed by atoms with van der Waals surface area (Å²) in [5, 5.41) is 4.63. The number of esters is 2. The SMILES string of the molecule is COC(=O)c1ccccc1C(=O)Nc1sccc1C(=O)OC. The highest BCUT2D eigenvalue weighted by atomic mass is 32.1. The number of hydrogen-bond acceptors (Lipinski definition) is 6. The molecular weight excluding hydrogens is 306 g/mol. The van der Waals surface area contributed by atoms with Crippen LogP contribution in [0.2, 0.25) is 0 Å². The van der Waals surface area contributed by atoms with Crippen LogP contribution in [0.5, 0.6) is 0 Å². The number of nitrogens with one attached hydrogen (secondary N) is 1. The van der Waals surface area contributed by atoms with Gasteiger partial charge in [0.2, 0.25) is 0 Å². The number of benzene rings is 1. The van der Waals surface area contributed by atoms with Gasteiger partial charge in [0, 0.05) is 0 Å². The third-order valence-electron chi connectivity index (χ3n) is 2.87. The molecule has 0 atom stereocenters. The van der Waals surface area contributed by atoms with Gasteiger partial charge in [-0.2, -0.15) is 0 Å². The molecule has 0 fully saturated rings. The van der Waals surface area contributed by atoms with Gasteiger partial charge in [-0.15, -0.1) is 11.3 Å². The van der Waals surface area contributed by atoms with Gasteiger partial charge in [-0.25, -0.2) is 9.59 Å². The quantitative estimate of drug-likeness (QED) is 0.876. The van der Waals surface area contributed by atoms with Gasteiger partial charge in [-0.1, -0.05) is 12.1 Å². The predicted molar refractivity (Wildman–Crippen MR) is 81.4 cm³/mol. The molecule has 0 aliphatic carbocycles. The molecular formula is C15H13NO5S. The van der Waals surface area contributed by atoms with E-state index in [2.05, 4.69) is 14.8 Å². The Bertz CT molecular complexity index is 722. The molecule has 0 radical (unpaired) electrons. The summed E-state index contributed by atoms with van der Waals surface area (Å²) in [7, 11) is 2.50. The van der Waals surface area contributed by atoms with E-state index in [0.717, 1.165) is 0 Å². The molecule has 0 unspecified atom stereocenters. The summed E-state index contributed by atoms with van der Waals surface area (Å²) >= 11 is 1.19. The Morgan fingerprint density at radius 2 is 1.50 bits per heavy atom. The normalized spacial score (nSPS) is 9.91. The van der Waals surface area contributed by atoms with Crippen LogP contribution in [0, 0.1) is 0 Å². The molecule has 1 aromatic carbocycles. The molecule has 0 spiro atoms. The van der Waals surface area contributed by atoms with E-state index in [1.807, 2.05) is 0 Å². The third-order valence-corrected chi connectivity index (χ3v) is 3.70. The minimum atomic E-state index is -0.606. The van der Waals surface area contributed by atoms with Crippen LogP contribution in [-0.4, -0.2) is 32.1 Å². The van der Waals surface area contributed by atoms with Crippen LogP contribution in [0.1, 0.15) is 31.1 Å². The molecule has 0 saturated carbocycles. The second kappa shape index (κ2) is 6.86. The summed E-state index contributed by atoms with van der Waals surface area (Å²) in [5.41, 5.74) is 0.577. The van der Waals surface area contributed by atoms with E-state index in [-0.39, 0.29) is 16.7 Å². The lowest BCUT2D eigenvalue weighted by atomic mass is 10.1. The Hall–Kier alpha value is -2.67. The average Bonchev–Trinajstić information content (AvgIpc) is 3.01. The molecule has 1 heterocycles. The van der Waals surface area contributed by atoms with Crippen molar-refractivity contribution in [2.75, 3.05) is 19.5 Å². The van der Waals surface area contributed by atoms with Crippen molar-refractivity contribution >= 4 is 34.2 Å². The Labute approximate surface area is 130 Å². The fourth-order valence-electron chi connectivity index (χ4n) is 1.82. The second-order valence-corrected chi connectivity index (χ2v) is 5.06. The molecule has 6 nitrogen and oxygen atoms in total. The first kappa shape index (κ1) is 15.7. The van der Waals surface area contributed by atoms with Crippen molar-refractivity contribution < 1.29 is 23.9 Å². The van der Waals surface area contributed by atoms with Crippen LogP contribution < -0.4 is 5.32 Å². The van der Waals surface area contributed by atoms with Crippen LogP contribution in [0.3, 0.4) is 0 Å². The first-order valence-electron chi connectivity index (χ1n) is 6.23. The number of thiophene rings is 1. The summed E-state index contributed by atoms with van der Waals surface area (Å²) in [6.07, 6.45) is 0. The van der Waals surface area contributed by atoms with Gasteiger partial charge in [0.1, 0.15) is 5.00 Å². The average molecular weight is 319 g/mol. The second-order valence-electron chi connectivity index (χ2n) is 4.15. The molecule has 0 aliphatic rings. The predicted octanol–water partition coefficient (Wildman–Crippen LogP) is 2.57. The minimum absolute atomic E-state index is 0.152. The Morgan fingerprint density at radius 1 is 0.909 bits per heavy atom. The Kier molecular flexibility index (Phi) is 4.90. The van der Waals surface area contributed by atoms with Crippen molar-refractivity contribution in [3.05, 3.63) is 52.4 Å². The molecule has 0 saturated heterocycles. The summed E-state index contributed by atoms with van der Waals surface area (Å²) in [4.78, 5) is 35.6. The van der Waals surface area contributed by atoms with Gasteiger partial charge in [0.25, 0.3) is 5.91 Å². The standard InChI is InChI=1S/C15H13NO5S/c1-20-14(18)10-6-4-3-5-9(10)12(17)16-13-11(7-8-22-13)15(19)21-2/h3-8H,1-2H3,(H,16,17). The van der Waals surface area contributed by atoms with Crippen LogP contribution in [0.4, 0.5) is 5.00 Å². The lowest BCUT2D eigenvalue weighted by Crippen LogP contribution is -2.18. The molecule has 114 valence electrons. The molecule has 1 N–H and O–H groups in total. The van der Waals surface area contributed by atoms with E-state index in [4.69, 9.17) is 0 Å². The van der Waals surface area contributed by atoms with E-state index in [9.17, 15) is 14.4 Å². The third kappa shape index (κ3) is 3.15. The van der Waals surface area contributed by atoms with Crippen LogP contribution in [0.15, 0.2) is 35.7 Å². The molecule has 2 rings (SSSR count). The van der Waals surface area contributed by atoms with Gasteiger partial charge in [0.15, 0.2) is 0 Å². The van der Waals surface area contributed by atoms with Crippen molar-refractivity contribution in [3.63, 3.8) is 0 Å². The minimum Gasteiger partial charge on any atom is -0.465 e. The maximum atomic E-state index is 12.4. The van der Waals surface area contributed by atoms with Crippen molar-refractivity contribution in [1.82, 2.24) is 0 Å². The van der Waals surface area contributed by atoms with E-state index < -0.39 is 17.8 Å². The first-order chi connectivity index (χ1) is 10.6. The summed E-state index contributed by atoms with van der Waals surface area (Å²) in [6.45, 7) is 0. The zero-order valence-corrected chi connectivity index (χ0v) is 12.7. The number of methoxy groups -OCH3 is 2. The number of carbonyl (C=O) groups excluding carboxylic acids is 3. The molecule has 2 aromatic rings. The first-order valence-corrected chi connectivity index (χ1v) is 7.11. The maximum Gasteiger partial charge on any atom is 0.340 e. The maximum absolute atomic E-state index is 12.4. The van der Waals surface area contributed by atoms with Gasteiger partial charge >= 0.3 is 11.9 Å². The number of carbonyl (C=O) groups is 3. The van der Waals surface area contributed by atoms with Crippen molar-refractivity contribution in [1.29, 1.82) is 0 Å². The zero-order chi connectivity index (χ0) is 16.1. The van der Waals surface area contributed by atoms with Gasteiger partial charge in [-0.3, -0.25) is 4.79 Å². The molecule has 0 bridgehead atoms. The number of ether oxygens (including phenoxy) is 2. The smallest absolute Gasteiger partial charge is 0.340 e. The summed E-state index contributed by atoms with van der Waals surface area (Å²) < 4.78 is 9.30. The van der Waals surface area contributed by atoms with Crippen molar-refractivity contribution in [2.45, 2.75) is 0 Å². The van der Waals surface area contributed by atoms with Crippen molar-refractivity contribution in [3.8, 4) is 0 Å². The van der Waals surface area contributed by atoms with E-state index in [1.165, 1.54) is 37.7 Å². The van der Waals surface area contributed by atoms with E-state index in [0.29, 0.717) is 5.00 Å². The molecule has 0 aliphatic heterocycles. The summed E-state index contributed by atoms with van der Waals surface area (Å²) in [6, 6.07) is 7.83. The number of hydrogen-bond donors (Lipinski definition) is 1. The van der Waals surface area contributed by atoms with Crippen molar-refractivity contribution in [2.24, 2.45) is 0 Å². The van der Waals surface area contributed by atoms with Crippen LogP contribution in [0.25, 0.3) is 0 Å². The largest absolute Gasteiger partial charge is 0.465 e. The number of anilines is 1. The summed E-state index contributed by atoms with van der Waals surface area (Å²) in [5.74, 6) is -1.66. The molecule has 7 heteroatoms. The highest BCUT2D eigenvalue weighted by Gasteiger charge is 2.20. The van der Waals surface area contributed by atoms with Gasteiger partial charge < -0.3 is 14.8 Å². The topological polar surface area (TPSA) is 81.7 Å². The monoisotopic (exact) mass is 319 g/mol. The zero-order valence-electron chi connectivity index (χ0n) is 11.9. The number of amides is 1. The van der Waals surface area contributed by atoms with E-state index in [1.54, 1.807) is 23.6 Å². The molecule has 22 heavy (non-hydrogen) atoms. The van der Waals surface area contributed by atoms with Gasteiger partial charge in [-0.05, 0) is 23.6 Å². The van der Waals surface area contributed by atoms with Gasteiger partial charge in [0.05, 0.1) is 30.9 Å². The lowest BCUT2D eigenvalue weighted by Gasteiger charge is -2.08. The fraction of sp³-hybridized carbons (Fsp3) is 0.133. The highest BCUT2D eigenvalue weighted by molar-refractivity contribution is 7.14. The molecule has 1 aromatic heterocycles.